The van der Waals surface area contributed by atoms with Crippen LogP contribution in [0, 0.1) is 0 Å². The lowest BCUT2D eigenvalue weighted by Crippen LogP contribution is -2.41. The van der Waals surface area contributed by atoms with Crippen LogP contribution in [0.5, 0.6) is 0 Å². The van der Waals surface area contributed by atoms with Crippen molar-refractivity contribution in [3.63, 3.8) is 0 Å². The molecular formula is C12H21N5OS. The number of thioether (sulfide) groups is 1. The maximum absolute atomic E-state index is 5.77. The second-order valence-corrected chi connectivity index (χ2v) is 6.26. The first-order valence-corrected chi connectivity index (χ1v) is 7.83. The molecule has 6 nitrogen and oxygen atoms in total. The van der Waals surface area contributed by atoms with Crippen molar-refractivity contribution in [2.45, 2.75) is 36.7 Å². The van der Waals surface area contributed by atoms with E-state index in [2.05, 4.69) is 26.7 Å². The number of aromatic nitrogens is 3. The Morgan fingerprint density at radius 1 is 1.42 bits per heavy atom. The lowest BCUT2D eigenvalue weighted by atomic mass is 10.3. The molecule has 1 aliphatic carbocycles. The maximum Gasteiger partial charge on any atom is 0.191 e. The van der Waals surface area contributed by atoms with E-state index in [0.29, 0.717) is 12.6 Å². The Balaban J connectivity index is 1.61. The largest absolute Gasteiger partial charge is 0.375 e. The van der Waals surface area contributed by atoms with Crippen LogP contribution >= 0.6 is 11.8 Å². The van der Waals surface area contributed by atoms with E-state index in [4.69, 9.17) is 10.5 Å². The Labute approximate surface area is 117 Å². The molecule has 106 valence electrons. The van der Waals surface area contributed by atoms with Crippen molar-refractivity contribution in [1.29, 1.82) is 0 Å². The van der Waals surface area contributed by atoms with Gasteiger partial charge < -0.3 is 19.9 Å². The van der Waals surface area contributed by atoms with Gasteiger partial charge in [-0.1, -0.05) is 11.8 Å². The number of likely N-dealkylation sites (N-methyl/N-ethyl adjacent to an activating group) is 1. The molecule has 1 aromatic heterocycles. The molecule has 19 heavy (non-hydrogen) atoms. The average molecular weight is 283 g/mol. The molecule has 1 saturated carbocycles. The van der Waals surface area contributed by atoms with Crippen LogP contribution in [0.15, 0.2) is 5.16 Å². The molecule has 7 heteroatoms. The zero-order valence-electron chi connectivity index (χ0n) is 11.3. The van der Waals surface area contributed by atoms with Crippen molar-refractivity contribution in [2.24, 2.45) is 5.73 Å². The number of hydrogen-bond acceptors (Lipinski definition) is 6. The van der Waals surface area contributed by atoms with E-state index >= 15 is 0 Å². The molecule has 2 heterocycles. The summed E-state index contributed by atoms with van der Waals surface area (Å²) in [7, 11) is 2.14. The van der Waals surface area contributed by atoms with Gasteiger partial charge in [0.1, 0.15) is 5.82 Å². The summed E-state index contributed by atoms with van der Waals surface area (Å²) in [6, 6.07) is 0.575. The standard InChI is InChI=1S/C12H21N5OS/c1-16-4-5-18-10(7-16)8-19-12-15-14-11(6-13)17(12)9-2-3-9/h9-10H,2-8,13H2,1H3. The third kappa shape index (κ3) is 3.10. The third-order valence-corrected chi connectivity index (χ3v) is 4.64. The lowest BCUT2D eigenvalue weighted by molar-refractivity contribution is -0.00601. The van der Waals surface area contributed by atoms with Crippen LogP contribution in [-0.2, 0) is 11.3 Å². The molecular weight excluding hydrogens is 262 g/mol. The van der Waals surface area contributed by atoms with Gasteiger partial charge in [-0.3, -0.25) is 0 Å². The summed E-state index contributed by atoms with van der Waals surface area (Å²) in [5.74, 6) is 1.84. The summed E-state index contributed by atoms with van der Waals surface area (Å²) in [5.41, 5.74) is 5.72. The van der Waals surface area contributed by atoms with E-state index in [9.17, 15) is 0 Å². The molecule has 0 amide bonds. The highest BCUT2D eigenvalue weighted by atomic mass is 32.2. The minimum Gasteiger partial charge on any atom is -0.375 e. The van der Waals surface area contributed by atoms with Crippen molar-refractivity contribution in [2.75, 3.05) is 32.5 Å². The number of ether oxygens (including phenoxy) is 1. The van der Waals surface area contributed by atoms with Crippen molar-refractivity contribution in [3.05, 3.63) is 5.82 Å². The highest BCUT2D eigenvalue weighted by molar-refractivity contribution is 7.99. The van der Waals surface area contributed by atoms with Gasteiger partial charge in [0.05, 0.1) is 19.3 Å². The van der Waals surface area contributed by atoms with Gasteiger partial charge in [0.25, 0.3) is 0 Å². The average Bonchev–Trinajstić information content (AvgIpc) is 3.17. The van der Waals surface area contributed by atoms with E-state index in [1.54, 1.807) is 11.8 Å². The Morgan fingerprint density at radius 3 is 2.95 bits per heavy atom. The summed E-state index contributed by atoms with van der Waals surface area (Å²) in [5, 5.41) is 9.47. The molecule has 1 unspecified atom stereocenters. The minimum atomic E-state index is 0.287. The number of nitrogens with zero attached hydrogens (tertiary/aromatic N) is 4. The van der Waals surface area contributed by atoms with Crippen LogP contribution in [0.3, 0.4) is 0 Å². The topological polar surface area (TPSA) is 69.2 Å². The van der Waals surface area contributed by atoms with Crippen molar-refractivity contribution >= 4 is 11.8 Å². The summed E-state index contributed by atoms with van der Waals surface area (Å²) in [4.78, 5) is 2.31. The normalized spacial score (nSPS) is 24.8. The fourth-order valence-corrected chi connectivity index (χ4v) is 3.41. The van der Waals surface area contributed by atoms with Gasteiger partial charge in [-0.05, 0) is 19.9 Å². The number of nitrogens with two attached hydrogens (primary N) is 1. The summed E-state index contributed by atoms with van der Waals surface area (Å²) < 4.78 is 7.99. The smallest absolute Gasteiger partial charge is 0.191 e. The predicted octanol–water partition coefficient (Wildman–Crippen LogP) is 0.494. The van der Waals surface area contributed by atoms with Crippen LogP contribution in [0.4, 0.5) is 0 Å². The minimum absolute atomic E-state index is 0.287. The first kappa shape index (κ1) is 13.4. The van der Waals surface area contributed by atoms with Gasteiger partial charge in [-0.2, -0.15) is 0 Å². The zero-order chi connectivity index (χ0) is 13.2. The second kappa shape index (κ2) is 5.78. The molecule has 0 aromatic carbocycles. The summed E-state index contributed by atoms with van der Waals surface area (Å²) in [6.45, 7) is 3.31. The molecule has 0 bridgehead atoms. The van der Waals surface area contributed by atoms with Gasteiger partial charge in [-0.25, -0.2) is 0 Å². The summed E-state index contributed by atoms with van der Waals surface area (Å²) >= 11 is 1.74. The molecule has 0 spiro atoms. The fourth-order valence-electron chi connectivity index (χ4n) is 2.38. The Bertz CT molecular complexity index is 434. The van der Waals surface area contributed by atoms with E-state index in [1.807, 2.05) is 0 Å². The van der Waals surface area contributed by atoms with Crippen LogP contribution in [0.2, 0.25) is 0 Å². The molecule has 1 aliphatic heterocycles. The first-order chi connectivity index (χ1) is 9.28. The second-order valence-electron chi connectivity index (χ2n) is 5.27. The van der Waals surface area contributed by atoms with Crippen molar-refractivity contribution in [3.8, 4) is 0 Å². The van der Waals surface area contributed by atoms with E-state index < -0.39 is 0 Å². The molecule has 0 radical (unpaired) electrons. The molecule has 1 aromatic rings. The van der Waals surface area contributed by atoms with Crippen LogP contribution in [0.1, 0.15) is 24.7 Å². The fraction of sp³-hybridized carbons (Fsp3) is 0.833. The Hall–Kier alpha value is -0.630. The van der Waals surface area contributed by atoms with Gasteiger partial charge >= 0.3 is 0 Å². The SMILES string of the molecule is CN1CCOC(CSc2nnc(CN)n2C2CC2)C1. The van der Waals surface area contributed by atoms with Crippen LogP contribution in [-0.4, -0.2) is 58.3 Å². The predicted molar refractivity (Wildman–Crippen MR) is 74.1 cm³/mol. The number of hydrogen-bond donors (Lipinski definition) is 1. The highest BCUT2D eigenvalue weighted by Crippen LogP contribution is 2.38. The van der Waals surface area contributed by atoms with Gasteiger partial charge in [0, 0.05) is 24.9 Å². The van der Waals surface area contributed by atoms with Crippen molar-refractivity contribution in [1.82, 2.24) is 19.7 Å². The zero-order valence-corrected chi connectivity index (χ0v) is 12.1. The molecule has 2 aliphatic rings. The maximum atomic E-state index is 5.77. The highest BCUT2D eigenvalue weighted by Gasteiger charge is 2.29. The number of morpholine rings is 1. The van der Waals surface area contributed by atoms with Crippen molar-refractivity contribution < 1.29 is 4.74 Å². The van der Waals surface area contributed by atoms with E-state index in [-0.39, 0.29) is 6.10 Å². The third-order valence-electron chi connectivity index (χ3n) is 3.57. The summed E-state index contributed by atoms with van der Waals surface area (Å²) in [6.07, 6.45) is 2.73. The molecule has 1 atom stereocenters. The van der Waals surface area contributed by atoms with E-state index in [0.717, 1.165) is 36.4 Å². The first-order valence-electron chi connectivity index (χ1n) is 6.84. The van der Waals surface area contributed by atoms with Crippen LogP contribution < -0.4 is 5.73 Å². The van der Waals surface area contributed by atoms with Crippen LogP contribution in [0.25, 0.3) is 0 Å². The number of rotatable bonds is 5. The van der Waals surface area contributed by atoms with Gasteiger partial charge in [0.15, 0.2) is 5.16 Å². The molecule has 3 rings (SSSR count). The monoisotopic (exact) mass is 283 g/mol. The quantitative estimate of drug-likeness (QED) is 0.793. The molecule has 1 saturated heterocycles. The van der Waals surface area contributed by atoms with E-state index in [1.165, 1.54) is 12.8 Å². The molecule has 2 N–H and O–H groups in total. The Kier molecular flexibility index (Phi) is 4.07. The molecule has 2 fully saturated rings. The lowest BCUT2D eigenvalue weighted by Gasteiger charge is -2.29. The van der Waals surface area contributed by atoms with Gasteiger partial charge in [0.2, 0.25) is 0 Å². The Morgan fingerprint density at radius 2 is 2.26 bits per heavy atom. The van der Waals surface area contributed by atoms with Gasteiger partial charge in [-0.15, -0.1) is 10.2 Å².